The summed E-state index contributed by atoms with van der Waals surface area (Å²) in [6.45, 7) is 1.24. The Morgan fingerprint density at radius 1 is 1.09 bits per heavy atom. The molecule has 0 saturated heterocycles. The Labute approximate surface area is 63.9 Å². The number of aliphatic hydroxyl groups excluding tert-OH is 4. The van der Waals surface area contributed by atoms with Crippen LogP contribution in [-0.2, 0) is 4.79 Å². The molecular weight excluding hydrogens is 153 g/mol. The van der Waals surface area contributed by atoms with Crippen LogP contribution in [0.5, 0.6) is 0 Å². The van der Waals surface area contributed by atoms with Crippen molar-refractivity contribution in [2.75, 3.05) is 0 Å². The molecule has 0 bridgehead atoms. The smallest absolute Gasteiger partial charge is 0.151 e. The first-order valence-corrected chi connectivity index (χ1v) is 3.18. The predicted molar refractivity (Wildman–Crippen MR) is 35.8 cm³/mol. The van der Waals surface area contributed by atoms with Gasteiger partial charge in [-0.2, -0.15) is 0 Å². The first kappa shape index (κ1) is 10.5. The molecule has 0 saturated carbocycles. The number of rotatable bonds is 4. The molecule has 0 rings (SSSR count). The van der Waals surface area contributed by atoms with Crippen molar-refractivity contribution >= 4 is 6.29 Å². The Balaban J connectivity index is 4.00. The minimum Gasteiger partial charge on any atom is -0.391 e. The molecule has 0 spiro atoms. The lowest BCUT2D eigenvalue weighted by atomic mass is 10.2. The minimum absolute atomic E-state index is 0.0935. The van der Waals surface area contributed by atoms with E-state index < -0.39 is 24.4 Å². The third-order valence-corrected chi connectivity index (χ3v) is 1.33. The van der Waals surface area contributed by atoms with Gasteiger partial charge in [-0.25, -0.2) is 0 Å². The molecule has 0 aromatic heterocycles. The molecule has 4 N–H and O–H groups in total. The van der Waals surface area contributed by atoms with Gasteiger partial charge in [0, 0.05) is 0 Å². The molecule has 0 unspecified atom stereocenters. The zero-order chi connectivity index (χ0) is 9.02. The molecule has 0 heterocycles. The molecule has 0 aromatic carbocycles. The van der Waals surface area contributed by atoms with Gasteiger partial charge in [-0.15, -0.1) is 0 Å². The lowest BCUT2D eigenvalue weighted by Gasteiger charge is -2.21. The number of aldehydes is 1. The van der Waals surface area contributed by atoms with E-state index in [1.165, 1.54) is 6.92 Å². The summed E-state index contributed by atoms with van der Waals surface area (Å²) in [6.07, 6.45) is -5.88. The van der Waals surface area contributed by atoms with Crippen molar-refractivity contribution in [2.45, 2.75) is 31.3 Å². The van der Waals surface area contributed by atoms with E-state index in [1.54, 1.807) is 0 Å². The maximum atomic E-state index is 9.87. The van der Waals surface area contributed by atoms with Gasteiger partial charge in [-0.1, -0.05) is 0 Å². The molecule has 5 nitrogen and oxygen atoms in total. The van der Waals surface area contributed by atoms with Crippen LogP contribution in [0.15, 0.2) is 0 Å². The Kier molecular flexibility index (Phi) is 4.20. The maximum Gasteiger partial charge on any atom is 0.151 e. The summed E-state index contributed by atoms with van der Waals surface area (Å²) in [5.74, 6) is 0. The summed E-state index contributed by atoms with van der Waals surface area (Å²) < 4.78 is 0. The number of hydrogen-bond acceptors (Lipinski definition) is 5. The van der Waals surface area contributed by atoms with Gasteiger partial charge in [0.15, 0.2) is 6.29 Å². The highest BCUT2D eigenvalue weighted by Crippen LogP contribution is 2.02. The molecule has 0 aromatic rings. The Bertz CT molecular complexity index is 124. The number of carbonyl (C=O) groups excluding carboxylic acids is 1. The van der Waals surface area contributed by atoms with Gasteiger partial charge < -0.3 is 25.2 Å². The van der Waals surface area contributed by atoms with Crippen LogP contribution < -0.4 is 0 Å². The summed E-state index contributed by atoms with van der Waals surface area (Å²) >= 11 is 0. The van der Waals surface area contributed by atoms with Crippen LogP contribution in [0, 0.1) is 0 Å². The Morgan fingerprint density at radius 3 is 1.82 bits per heavy atom. The highest BCUT2D eigenvalue weighted by Gasteiger charge is 2.27. The average molecular weight is 165 g/mol. The second kappa shape index (κ2) is 4.40. The largest absolute Gasteiger partial charge is 0.391 e. The van der Waals surface area contributed by atoms with E-state index in [9.17, 15) is 4.79 Å². The molecule has 0 radical (unpaired) electrons. The third-order valence-electron chi connectivity index (χ3n) is 1.33. The summed E-state index contributed by atoms with van der Waals surface area (Å²) in [7, 11) is 0. The van der Waals surface area contributed by atoms with Crippen molar-refractivity contribution in [3.05, 3.63) is 0 Å². The van der Waals surface area contributed by atoms with E-state index in [-0.39, 0.29) is 6.29 Å². The number of carbonyl (C=O) groups is 1. The van der Waals surface area contributed by atoms with E-state index in [0.717, 1.165) is 0 Å². The monoisotopic (exact) mass is 165 g/mol. The van der Waals surface area contributed by atoms with Gasteiger partial charge in [0.05, 0.1) is 6.10 Å². The molecule has 11 heavy (non-hydrogen) atoms. The molecule has 0 aliphatic carbocycles. The minimum atomic E-state index is -1.65. The first-order valence-electron chi connectivity index (χ1n) is 3.18. The molecule has 0 aliphatic rings. The second-order valence-electron chi connectivity index (χ2n) is 2.35. The van der Waals surface area contributed by atoms with Crippen LogP contribution in [0.3, 0.4) is 0 Å². The van der Waals surface area contributed by atoms with E-state index in [0.29, 0.717) is 0 Å². The van der Waals surface area contributed by atoms with E-state index in [2.05, 4.69) is 0 Å². The lowest BCUT2D eigenvalue weighted by Crippen LogP contribution is -2.43. The average Bonchev–Trinajstić information content (AvgIpc) is 2.00. The molecular formula is C6H12O5. The van der Waals surface area contributed by atoms with Gasteiger partial charge in [-0.3, -0.25) is 0 Å². The van der Waals surface area contributed by atoms with Crippen LogP contribution in [0.1, 0.15) is 6.92 Å². The number of hydrogen-bond donors (Lipinski definition) is 4. The molecule has 0 aliphatic heterocycles. The fourth-order valence-electron chi connectivity index (χ4n) is 0.568. The molecule has 0 fully saturated rings. The summed E-state index contributed by atoms with van der Waals surface area (Å²) in [5, 5.41) is 35.1. The lowest BCUT2D eigenvalue weighted by molar-refractivity contribution is -0.132. The fourth-order valence-corrected chi connectivity index (χ4v) is 0.568. The predicted octanol–water partition coefficient (Wildman–Crippen LogP) is -2.35. The van der Waals surface area contributed by atoms with Gasteiger partial charge >= 0.3 is 0 Å². The summed E-state index contributed by atoms with van der Waals surface area (Å²) in [4.78, 5) is 9.87. The van der Waals surface area contributed by atoms with Crippen LogP contribution in [0.2, 0.25) is 0 Å². The van der Waals surface area contributed by atoms with Crippen molar-refractivity contribution in [3.63, 3.8) is 0 Å². The Morgan fingerprint density at radius 2 is 1.55 bits per heavy atom. The van der Waals surface area contributed by atoms with Crippen LogP contribution in [0.4, 0.5) is 0 Å². The SMILES string of the molecule is C[C@H](O)[C@H](O)[C@@H](O)[13C@@H](O)C=O. The fraction of sp³-hybridized carbons (Fsp3) is 0.833. The van der Waals surface area contributed by atoms with E-state index in [4.69, 9.17) is 20.4 Å². The van der Waals surface area contributed by atoms with Crippen LogP contribution in [-0.4, -0.2) is 51.1 Å². The standard InChI is InChI=1S/C6H12O5/c1-3(8)5(10)6(11)4(9)2-7/h2-6,8-11H,1H3/t3-,4-,5-,6-/m0/s1/i4+1. The highest BCUT2D eigenvalue weighted by atomic mass is 16.4. The normalized spacial score (nSPS) is 21.9. The van der Waals surface area contributed by atoms with Crippen molar-refractivity contribution in [1.82, 2.24) is 0 Å². The first-order chi connectivity index (χ1) is 5.00. The second-order valence-corrected chi connectivity index (χ2v) is 2.35. The van der Waals surface area contributed by atoms with Gasteiger partial charge in [-0.05, 0) is 6.92 Å². The van der Waals surface area contributed by atoms with Crippen molar-refractivity contribution in [3.8, 4) is 0 Å². The molecule has 0 amide bonds. The summed E-state index contributed by atoms with van der Waals surface area (Å²) in [6, 6.07) is 0. The van der Waals surface area contributed by atoms with Crippen LogP contribution >= 0.6 is 0 Å². The zero-order valence-electron chi connectivity index (χ0n) is 6.08. The van der Waals surface area contributed by atoms with Gasteiger partial charge in [0.1, 0.15) is 18.3 Å². The van der Waals surface area contributed by atoms with Gasteiger partial charge in [0.2, 0.25) is 0 Å². The van der Waals surface area contributed by atoms with Crippen molar-refractivity contribution in [1.29, 1.82) is 0 Å². The molecule has 66 valence electrons. The molecule has 4 atom stereocenters. The van der Waals surface area contributed by atoms with E-state index >= 15 is 0 Å². The van der Waals surface area contributed by atoms with Crippen LogP contribution in [0.25, 0.3) is 0 Å². The highest BCUT2D eigenvalue weighted by molar-refractivity contribution is 5.56. The van der Waals surface area contributed by atoms with Crippen molar-refractivity contribution in [2.24, 2.45) is 0 Å². The van der Waals surface area contributed by atoms with Crippen molar-refractivity contribution < 1.29 is 25.2 Å². The Hall–Kier alpha value is -0.490. The van der Waals surface area contributed by atoms with E-state index in [1.807, 2.05) is 0 Å². The zero-order valence-corrected chi connectivity index (χ0v) is 6.08. The summed E-state index contributed by atoms with van der Waals surface area (Å²) in [5.41, 5.74) is 0. The maximum absolute atomic E-state index is 9.87. The quantitative estimate of drug-likeness (QED) is 0.276. The topological polar surface area (TPSA) is 98.0 Å². The van der Waals surface area contributed by atoms with Gasteiger partial charge in [0.25, 0.3) is 0 Å². The molecule has 5 heteroatoms. The number of aliphatic hydroxyl groups is 4. The third kappa shape index (κ3) is 2.94.